The van der Waals surface area contributed by atoms with Gasteiger partial charge in [-0.25, -0.2) is 15.0 Å². The Kier molecular flexibility index (Phi) is 3.99. The van der Waals surface area contributed by atoms with Crippen LogP contribution in [-0.4, -0.2) is 38.6 Å². The second-order valence-corrected chi connectivity index (χ2v) is 6.61. The third-order valence-corrected chi connectivity index (χ3v) is 5.06. The Hall–Kier alpha value is -2.32. The van der Waals surface area contributed by atoms with Crippen molar-refractivity contribution in [2.75, 3.05) is 18.5 Å². The Morgan fingerprint density at radius 1 is 1.33 bits per heavy atom. The molecule has 0 bridgehead atoms. The van der Waals surface area contributed by atoms with E-state index >= 15 is 0 Å². The lowest BCUT2D eigenvalue weighted by Gasteiger charge is -2.23. The highest BCUT2D eigenvalue weighted by molar-refractivity contribution is 7.15. The van der Waals surface area contributed by atoms with Crippen molar-refractivity contribution >= 4 is 22.2 Å². The number of ether oxygens (including phenoxy) is 1. The first-order valence-electron chi connectivity index (χ1n) is 7.86. The van der Waals surface area contributed by atoms with Crippen molar-refractivity contribution in [3.63, 3.8) is 0 Å². The summed E-state index contributed by atoms with van der Waals surface area (Å²) in [6.07, 6.45) is 5.11. The molecule has 0 spiro atoms. The maximum Gasteiger partial charge on any atom is 0.268 e. The lowest BCUT2D eigenvalue weighted by Crippen LogP contribution is -2.28. The van der Waals surface area contributed by atoms with Gasteiger partial charge in [-0.2, -0.15) is 0 Å². The highest BCUT2D eigenvalue weighted by Crippen LogP contribution is 2.18. The molecule has 1 fully saturated rings. The van der Waals surface area contributed by atoms with E-state index < -0.39 is 0 Å². The van der Waals surface area contributed by atoms with Crippen molar-refractivity contribution in [2.24, 2.45) is 0 Å². The van der Waals surface area contributed by atoms with E-state index in [0.29, 0.717) is 28.2 Å². The molecule has 0 saturated carbocycles. The molecule has 0 radical (unpaired) electrons. The highest BCUT2D eigenvalue weighted by atomic mass is 32.1. The first-order chi connectivity index (χ1) is 11.7. The van der Waals surface area contributed by atoms with Crippen molar-refractivity contribution in [1.82, 2.24) is 19.4 Å². The zero-order valence-electron chi connectivity index (χ0n) is 13.2. The van der Waals surface area contributed by atoms with Gasteiger partial charge in [0, 0.05) is 42.7 Å². The van der Waals surface area contributed by atoms with Gasteiger partial charge in [0.25, 0.3) is 5.56 Å². The monoisotopic (exact) mass is 343 g/mol. The topological polar surface area (TPSA) is 81.4 Å². The van der Waals surface area contributed by atoms with E-state index in [9.17, 15) is 4.79 Å². The van der Waals surface area contributed by atoms with E-state index in [0.717, 1.165) is 31.7 Å². The first kappa shape index (κ1) is 15.2. The Morgan fingerprint density at radius 2 is 2.17 bits per heavy atom. The van der Waals surface area contributed by atoms with E-state index in [2.05, 4.69) is 20.3 Å². The molecular weight excluding hydrogens is 326 g/mol. The third kappa shape index (κ3) is 2.78. The SMILES string of the molecule is Cc1csc2ncc(-c3ccnc(NC4CCOCC4)n3)c(=O)n12. The quantitative estimate of drug-likeness (QED) is 0.784. The van der Waals surface area contributed by atoms with Crippen molar-refractivity contribution in [3.8, 4) is 11.3 Å². The van der Waals surface area contributed by atoms with Crippen LogP contribution >= 0.6 is 11.3 Å². The van der Waals surface area contributed by atoms with Crippen LogP contribution in [-0.2, 0) is 4.74 Å². The molecule has 4 rings (SSSR count). The van der Waals surface area contributed by atoms with Crippen molar-refractivity contribution < 1.29 is 4.74 Å². The van der Waals surface area contributed by atoms with Crippen molar-refractivity contribution in [1.29, 1.82) is 0 Å². The fourth-order valence-electron chi connectivity index (χ4n) is 2.80. The minimum Gasteiger partial charge on any atom is -0.381 e. The number of aromatic nitrogens is 4. The summed E-state index contributed by atoms with van der Waals surface area (Å²) >= 11 is 1.45. The van der Waals surface area contributed by atoms with E-state index in [1.54, 1.807) is 22.9 Å². The van der Waals surface area contributed by atoms with Gasteiger partial charge in [0.05, 0.1) is 11.3 Å². The number of hydrogen-bond acceptors (Lipinski definition) is 7. The predicted molar refractivity (Wildman–Crippen MR) is 92.6 cm³/mol. The van der Waals surface area contributed by atoms with Gasteiger partial charge in [0.15, 0.2) is 4.96 Å². The number of thiazole rings is 1. The van der Waals surface area contributed by atoms with Gasteiger partial charge < -0.3 is 10.1 Å². The highest BCUT2D eigenvalue weighted by Gasteiger charge is 2.16. The normalized spacial score (nSPS) is 15.7. The molecule has 1 saturated heterocycles. The number of hydrogen-bond donors (Lipinski definition) is 1. The molecule has 0 amide bonds. The van der Waals surface area contributed by atoms with E-state index in [1.807, 2.05) is 12.3 Å². The second kappa shape index (κ2) is 6.29. The number of rotatable bonds is 3. The standard InChI is InChI=1S/C16H17N5O2S/c1-10-9-24-16-18-8-12(14(22)21(10)16)13-2-5-17-15(20-13)19-11-3-6-23-7-4-11/h2,5,8-9,11H,3-4,6-7H2,1H3,(H,17,19,20). The van der Waals surface area contributed by atoms with Crippen LogP contribution in [0.25, 0.3) is 16.2 Å². The smallest absolute Gasteiger partial charge is 0.268 e. The van der Waals surface area contributed by atoms with Gasteiger partial charge in [0.1, 0.15) is 0 Å². The molecule has 1 aliphatic heterocycles. The average Bonchev–Trinajstić information content (AvgIpc) is 2.98. The molecule has 0 aromatic carbocycles. The Bertz CT molecular complexity index is 930. The third-order valence-electron chi connectivity index (χ3n) is 4.10. The van der Waals surface area contributed by atoms with Crippen molar-refractivity contribution in [3.05, 3.63) is 39.9 Å². The lowest BCUT2D eigenvalue weighted by molar-refractivity contribution is 0.0903. The molecule has 0 unspecified atom stereocenters. The number of aryl methyl sites for hydroxylation is 1. The minimum absolute atomic E-state index is 0.102. The van der Waals surface area contributed by atoms with Crippen LogP contribution in [0.4, 0.5) is 5.95 Å². The summed E-state index contributed by atoms with van der Waals surface area (Å²) in [7, 11) is 0. The number of anilines is 1. The summed E-state index contributed by atoms with van der Waals surface area (Å²) in [4.78, 5) is 26.6. The van der Waals surface area contributed by atoms with Gasteiger partial charge in [-0.15, -0.1) is 11.3 Å². The zero-order valence-corrected chi connectivity index (χ0v) is 14.0. The Balaban J connectivity index is 1.69. The largest absolute Gasteiger partial charge is 0.381 e. The number of nitrogens with one attached hydrogen (secondary N) is 1. The predicted octanol–water partition coefficient (Wildman–Crippen LogP) is 2.11. The maximum absolute atomic E-state index is 12.7. The van der Waals surface area contributed by atoms with E-state index in [4.69, 9.17) is 4.74 Å². The first-order valence-corrected chi connectivity index (χ1v) is 8.74. The molecule has 124 valence electrons. The van der Waals surface area contributed by atoms with Gasteiger partial charge >= 0.3 is 0 Å². The maximum atomic E-state index is 12.7. The van der Waals surface area contributed by atoms with Gasteiger partial charge in [-0.1, -0.05) is 0 Å². The molecule has 1 aliphatic rings. The number of fused-ring (bicyclic) bond motifs is 1. The van der Waals surface area contributed by atoms with Crippen molar-refractivity contribution in [2.45, 2.75) is 25.8 Å². The average molecular weight is 343 g/mol. The molecule has 24 heavy (non-hydrogen) atoms. The molecule has 0 aliphatic carbocycles. The summed E-state index contributed by atoms with van der Waals surface area (Å²) in [6.45, 7) is 3.39. The van der Waals surface area contributed by atoms with Crippen LogP contribution in [0.1, 0.15) is 18.5 Å². The zero-order chi connectivity index (χ0) is 16.5. The summed E-state index contributed by atoms with van der Waals surface area (Å²) in [5.41, 5.74) is 1.84. The summed E-state index contributed by atoms with van der Waals surface area (Å²) in [5.74, 6) is 0.533. The molecule has 1 N–H and O–H groups in total. The minimum atomic E-state index is -0.102. The van der Waals surface area contributed by atoms with Gasteiger partial charge in [0.2, 0.25) is 5.95 Å². The van der Waals surface area contributed by atoms with Crippen LogP contribution in [0.3, 0.4) is 0 Å². The molecule has 4 heterocycles. The Morgan fingerprint density at radius 3 is 3.00 bits per heavy atom. The fraction of sp³-hybridized carbons (Fsp3) is 0.375. The number of nitrogens with zero attached hydrogens (tertiary/aromatic N) is 4. The molecule has 8 heteroatoms. The fourth-order valence-corrected chi connectivity index (χ4v) is 3.63. The summed E-state index contributed by atoms with van der Waals surface area (Å²) in [5, 5.41) is 5.25. The molecule has 3 aromatic rings. The van der Waals surface area contributed by atoms with Crippen LogP contribution in [0.2, 0.25) is 0 Å². The van der Waals surface area contributed by atoms with Gasteiger partial charge in [-0.3, -0.25) is 9.20 Å². The van der Waals surface area contributed by atoms with Crippen LogP contribution < -0.4 is 10.9 Å². The summed E-state index contributed by atoms with van der Waals surface area (Å²) < 4.78 is 6.98. The second-order valence-electron chi connectivity index (χ2n) is 5.77. The van der Waals surface area contributed by atoms with E-state index in [1.165, 1.54) is 11.3 Å². The lowest BCUT2D eigenvalue weighted by atomic mass is 10.1. The van der Waals surface area contributed by atoms with Crippen LogP contribution in [0, 0.1) is 6.92 Å². The van der Waals surface area contributed by atoms with Crippen LogP contribution in [0.15, 0.2) is 28.6 Å². The molecule has 0 atom stereocenters. The molecule has 3 aromatic heterocycles. The molecular formula is C16H17N5O2S. The van der Waals surface area contributed by atoms with Gasteiger partial charge in [-0.05, 0) is 25.8 Å². The molecule has 7 nitrogen and oxygen atoms in total. The Labute approximate surface area is 142 Å². The summed E-state index contributed by atoms with van der Waals surface area (Å²) in [6, 6.07) is 2.04. The van der Waals surface area contributed by atoms with Crippen LogP contribution in [0.5, 0.6) is 0 Å². The van der Waals surface area contributed by atoms with E-state index in [-0.39, 0.29) is 5.56 Å².